The largest absolute Gasteiger partial charge is 0.338 e. The van der Waals surface area contributed by atoms with Crippen LogP contribution in [0.15, 0.2) is 41.6 Å². The molecule has 0 atom stereocenters. The van der Waals surface area contributed by atoms with E-state index in [9.17, 15) is 13.2 Å². The minimum atomic E-state index is -3.36. The van der Waals surface area contributed by atoms with Crippen molar-refractivity contribution < 1.29 is 13.2 Å². The van der Waals surface area contributed by atoms with E-state index in [1.165, 1.54) is 23.5 Å². The molecule has 0 bridgehead atoms. The molecule has 0 radical (unpaired) electrons. The lowest BCUT2D eigenvalue weighted by Crippen LogP contribution is -2.14. The fourth-order valence-corrected chi connectivity index (χ4v) is 4.27. The summed E-state index contributed by atoms with van der Waals surface area (Å²) in [6, 6.07) is 6.08. The number of aromatic amines is 1. The summed E-state index contributed by atoms with van der Waals surface area (Å²) in [6.07, 6.45) is 4.46. The normalized spacial score (nSPS) is 13.9. The molecule has 4 rings (SSSR count). The first-order valence-corrected chi connectivity index (χ1v) is 10.2. The number of benzene rings is 1. The zero-order chi connectivity index (χ0) is 17.6. The molecule has 0 saturated heterocycles. The van der Waals surface area contributed by atoms with Crippen molar-refractivity contribution in [2.75, 3.05) is 11.2 Å². The van der Waals surface area contributed by atoms with E-state index >= 15 is 0 Å². The molecule has 0 saturated carbocycles. The number of ketones is 1. The summed E-state index contributed by atoms with van der Waals surface area (Å²) in [6.45, 7) is 1.39. The molecule has 3 heterocycles. The second-order valence-corrected chi connectivity index (χ2v) is 8.89. The Hall–Kier alpha value is -2.52. The van der Waals surface area contributed by atoms with Crippen molar-refractivity contribution >= 4 is 32.1 Å². The number of sulfone groups is 1. The van der Waals surface area contributed by atoms with E-state index in [1.54, 1.807) is 24.5 Å². The first kappa shape index (κ1) is 16.0. The van der Waals surface area contributed by atoms with Gasteiger partial charge in [0.1, 0.15) is 0 Å². The number of hydrogen-bond donors (Lipinski definition) is 1. The zero-order valence-corrected chi connectivity index (χ0v) is 14.9. The van der Waals surface area contributed by atoms with Gasteiger partial charge in [-0.1, -0.05) is 23.5 Å². The van der Waals surface area contributed by atoms with Crippen molar-refractivity contribution in [1.29, 1.82) is 0 Å². The molecule has 0 amide bonds. The number of fused-ring (bicyclic) bond motifs is 1. The van der Waals surface area contributed by atoms with Crippen LogP contribution in [0.5, 0.6) is 0 Å². The van der Waals surface area contributed by atoms with Crippen LogP contribution in [0.3, 0.4) is 0 Å². The van der Waals surface area contributed by atoms with Gasteiger partial charge >= 0.3 is 0 Å². The lowest BCUT2D eigenvalue weighted by atomic mass is 10.1. The highest BCUT2D eigenvalue weighted by Crippen LogP contribution is 2.31. The first-order chi connectivity index (χ1) is 11.9. The summed E-state index contributed by atoms with van der Waals surface area (Å²) in [7, 11) is -3.36. The predicted octanol–water partition coefficient (Wildman–Crippen LogP) is 2.02. The van der Waals surface area contributed by atoms with Crippen LogP contribution in [0.25, 0.3) is 0 Å². The van der Waals surface area contributed by atoms with Gasteiger partial charge < -0.3 is 4.90 Å². The molecule has 2 aromatic heterocycles. The van der Waals surface area contributed by atoms with Gasteiger partial charge in [-0.15, -0.1) is 0 Å². The van der Waals surface area contributed by atoms with Crippen LogP contribution < -0.4 is 4.90 Å². The van der Waals surface area contributed by atoms with E-state index in [0.717, 1.165) is 22.6 Å². The number of rotatable bonds is 4. The van der Waals surface area contributed by atoms with Crippen molar-refractivity contribution in [2.24, 2.45) is 0 Å². The lowest BCUT2D eigenvalue weighted by molar-refractivity contribution is 0.104. The molecule has 7 nitrogen and oxygen atoms in total. The number of aromatic nitrogens is 3. The maximum Gasteiger partial charge on any atom is 0.204 e. The van der Waals surface area contributed by atoms with Crippen LogP contribution in [0.4, 0.5) is 5.13 Å². The number of nitrogens with zero attached hydrogens (tertiary/aromatic N) is 3. The van der Waals surface area contributed by atoms with Gasteiger partial charge in [-0.2, -0.15) is 5.10 Å². The maximum atomic E-state index is 12.7. The van der Waals surface area contributed by atoms with Crippen LogP contribution >= 0.6 is 11.3 Å². The van der Waals surface area contributed by atoms with Crippen molar-refractivity contribution in [3.63, 3.8) is 0 Å². The Labute approximate surface area is 148 Å². The molecule has 0 unspecified atom stereocenters. The van der Waals surface area contributed by atoms with Gasteiger partial charge in [0.15, 0.2) is 15.0 Å². The van der Waals surface area contributed by atoms with E-state index in [-0.39, 0.29) is 10.7 Å². The van der Waals surface area contributed by atoms with E-state index < -0.39 is 9.84 Å². The van der Waals surface area contributed by atoms with Gasteiger partial charge in [0.05, 0.1) is 34.4 Å². The fraction of sp³-hybridized carbons (Fsp3) is 0.188. The van der Waals surface area contributed by atoms with Crippen LogP contribution in [0.1, 0.15) is 26.5 Å². The van der Waals surface area contributed by atoms with Crippen molar-refractivity contribution in [1.82, 2.24) is 15.2 Å². The Balaban J connectivity index is 1.58. The van der Waals surface area contributed by atoms with E-state index in [0.29, 0.717) is 23.5 Å². The average Bonchev–Trinajstić information content (AvgIpc) is 3.28. The van der Waals surface area contributed by atoms with E-state index in [2.05, 4.69) is 20.1 Å². The van der Waals surface area contributed by atoms with Crippen LogP contribution in [-0.2, 0) is 22.9 Å². The van der Waals surface area contributed by atoms with Crippen LogP contribution in [-0.4, -0.2) is 35.6 Å². The Morgan fingerprint density at radius 2 is 2.12 bits per heavy atom. The monoisotopic (exact) mass is 374 g/mol. The smallest absolute Gasteiger partial charge is 0.204 e. The fourth-order valence-electron chi connectivity index (χ4n) is 2.72. The number of thiazole rings is 1. The number of carbonyl (C=O) groups excluding carboxylic acids is 1. The van der Waals surface area contributed by atoms with Crippen molar-refractivity contribution in [3.05, 3.63) is 58.4 Å². The summed E-state index contributed by atoms with van der Waals surface area (Å²) >= 11 is 1.30. The quantitative estimate of drug-likeness (QED) is 0.702. The highest BCUT2D eigenvalue weighted by molar-refractivity contribution is 7.90. The molecule has 0 aliphatic carbocycles. The number of H-pyrrole nitrogens is 1. The first-order valence-electron chi connectivity index (χ1n) is 7.48. The number of carbonyl (C=O) groups is 1. The third-order valence-electron chi connectivity index (χ3n) is 4.03. The maximum absolute atomic E-state index is 12.7. The molecule has 1 aromatic carbocycles. The lowest BCUT2D eigenvalue weighted by Gasteiger charge is -2.12. The molecule has 1 aliphatic rings. The topological polar surface area (TPSA) is 96.0 Å². The molecule has 1 N–H and O–H groups in total. The summed E-state index contributed by atoms with van der Waals surface area (Å²) < 4.78 is 23.3. The summed E-state index contributed by atoms with van der Waals surface area (Å²) in [5.41, 5.74) is 2.53. The zero-order valence-electron chi connectivity index (χ0n) is 13.3. The molecule has 128 valence electrons. The molecule has 9 heteroatoms. The number of anilines is 1. The molecule has 0 spiro atoms. The Kier molecular flexibility index (Phi) is 3.69. The number of nitrogens with one attached hydrogen (secondary N) is 1. The van der Waals surface area contributed by atoms with Crippen LogP contribution in [0.2, 0.25) is 0 Å². The third kappa shape index (κ3) is 2.96. The van der Waals surface area contributed by atoms with Crippen molar-refractivity contribution in [3.8, 4) is 0 Å². The molecule has 25 heavy (non-hydrogen) atoms. The predicted molar refractivity (Wildman–Crippen MR) is 93.6 cm³/mol. The number of hydrogen-bond acceptors (Lipinski definition) is 7. The third-order valence-corrected chi connectivity index (χ3v) is 6.20. The Bertz CT molecular complexity index is 1050. The van der Waals surface area contributed by atoms with Gasteiger partial charge in [-0.05, 0) is 12.1 Å². The van der Waals surface area contributed by atoms with Crippen molar-refractivity contribution in [2.45, 2.75) is 18.0 Å². The minimum Gasteiger partial charge on any atom is -0.338 e. The van der Waals surface area contributed by atoms with Gasteiger partial charge in [0.25, 0.3) is 0 Å². The second-order valence-electron chi connectivity index (χ2n) is 5.87. The molecular weight excluding hydrogens is 360 g/mol. The summed E-state index contributed by atoms with van der Waals surface area (Å²) in [5.74, 6) is -0.228. The minimum absolute atomic E-state index is 0.133. The highest BCUT2D eigenvalue weighted by Gasteiger charge is 2.24. The standard InChI is InChI=1S/C16H14N4O3S2/c1-25(22,23)12-4-2-3-10(5-12)15(21)14-7-17-16(24-14)20-8-11-6-18-19-13(11)9-20/h2-7H,8-9H2,1H3,(H,18,19). The van der Waals surface area contributed by atoms with E-state index in [4.69, 9.17) is 0 Å². The Morgan fingerprint density at radius 3 is 2.88 bits per heavy atom. The van der Waals surface area contributed by atoms with Gasteiger partial charge in [-0.3, -0.25) is 9.89 Å². The van der Waals surface area contributed by atoms with Gasteiger partial charge in [0, 0.05) is 23.9 Å². The second kappa shape index (κ2) is 5.78. The SMILES string of the molecule is CS(=O)(=O)c1cccc(C(=O)c2cnc(N3Cc4cn[nH]c4C3)s2)c1. The average molecular weight is 374 g/mol. The molecule has 1 aliphatic heterocycles. The van der Waals surface area contributed by atoms with Gasteiger partial charge in [0.2, 0.25) is 5.78 Å². The molecule has 3 aromatic rings. The molecule has 0 fully saturated rings. The van der Waals surface area contributed by atoms with Crippen LogP contribution in [0, 0.1) is 0 Å². The summed E-state index contributed by atoms with van der Waals surface area (Å²) in [4.78, 5) is 19.7. The Morgan fingerprint density at radius 1 is 1.28 bits per heavy atom. The van der Waals surface area contributed by atoms with E-state index in [1.807, 2.05) is 0 Å². The highest BCUT2D eigenvalue weighted by atomic mass is 32.2. The summed E-state index contributed by atoms with van der Waals surface area (Å²) in [5, 5.41) is 7.71. The molecular formula is C16H14N4O3S2. The van der Waals surface area contributed by atoms with Gasteiger partial charge in [-0.25, -0.2) is 13.4 Å².